The summed E-state index contributed by atoms with van der Waals surface area (Å²) >= 11 is 0. The second kappa shape index (κ2) is 14.8. The summed E-state index contributed by atoms with van der Waals surface area (Å²) in [5.74, 6) is -0.795. The maximum absolute atomic E-state index is 11.4. The largest absolute Gasteiger partial charge is 0.356 e. The smallest absolute Gasteiger partial charge is 0.253 e. The predicted octanol–water partition coefficient (Wildman–Crippen LogP) is 2.66. The van der Waals surface area contributed by atoms with Gasteiger partial charge in [-0.15, -0.1) is 0 Å². The predicted molar refractivity (Wildman–Crippen MR) is 85.7 cm³/mol. The van der Waals surface area contributed by atoms with Crippen LogP contribution in [0.1, 0.15) is 60.3 Å². The van der Waals surface area contributed by atoms with Crippen LogP contribution in [0.3, 0.4) is 0 Å². The summed E-state index contributed by atoms with van der Waals surface area (Å²) in [6.07, 6.45) is 5.78. The summed E-state index contributed by atoms with van der Waals surface area (Å²) in [6.45, 7) is 10.9. The molecule has 0 fully saturated rings. The van der Waals surface area contributed by atoms with E-state index < -0.39 is 0 Å². The molecule has 0 aliphatic carbocycles. The number of unbranched alkanes of at least 4 members (excludes halogenated alkanes) is 2. The van der Waals surface area contributed by atoms with Crippen molar-refractivity contribution in [1.29, 1.82) is 0 Å². The quantitative estimate of drug-likeness (QED) is 0.580. The molecular weight excluding hydrogens is 268 g/mol. The lowest BCUT2D eigenvalue weighted by molar-refractivity contribution is -0.137. The Morgan fingerprint density at radius 2 is 1.57 bits per heavy atom. The average molecular weight is 298 g/mol. The van der Waals surface area contributed by atoms with E-state index in [4.69, 9.17) is 0 Å². The molecule has 1 heterocycles. The maximum Gasteiger partial charge on any atom is 0.253 e. The van der Waals surface area contributed by atoms with Gasteiger partial charge in [0.1, 0.15) is 0 Å². The minimum atomic E-state index is -0.339. The molecule has 0 saturated carbocycles. The van der Waals surface area contributed by atoms with Crippen molar-refractivity contribution in [3.63, 3.8) is 0 Å². The van der Waals surface area contributed by atoms with Gasteiger partial charge >= 0.3 is 0 Å². The highest BCUT2D eigenvalue weighted by Crippen LogP contribution is 2.03. The fourth-order valence-electron chi connectivity index (χ4n) is 1.56. The zero-order valence-electron chi connectivity index (χ0n) is 14.1. The Bertz CT molecular complexity index is 320. The molecule has 0 atom stereocenters. The molecule has 0 bridgehead atoms. The molecule has 3 amide bonds. The van der Waals surface area contributed by atoms with Crippen LogP contribution in [0.2, 0.25) is 0 Å². The lowest BCUT2D eigenvalue weighted by Crippen LogP contribution is -2.34. The summed E-state index contributed by atoms with van der Waals surface area (Å²) in [4.78, 5) is 34.8. The van der Waals surface area contributed by atoms with Crippen molar-refractivity contribution in [1.82, 2.24) is 10.2 Å². The number of carbonyl (C=O) groups excluding carboxylic acids is 3. The average Bonchev–Trinajstić information content (AvgIpc) is 2.84. The number of nitrogens with zero attached hydrogens (tertiary/aromatic N) is 1. The molecular formula is C16H30N2O3. The molecule has 0 spiro atoms. The van der Waals surface area contributed by atoms with E-state index in [2.05, 4.69) is 12.2 Å². The van der Waals surface area contributed by atoms with Gasteiger partial charge in [0.15, 0.2) is 0 Å². The highest BCUT2D eigenvalue weighted by Gasteiger charge is 2.23. The third-order valence-corrected chi connectivity index (χ3v) is 2.57. The van der Waals surface area contributed by atoms with Crippen LogP contribution >= 0.6 is 0 Å². The lowest BCUT2D eigenvalue weighted by Gasteiger charge is -2.13. The highest BCUT2D eigenvalue weighted by molar-refractivity contribution is 6.13. The first-order valence-electron chi connectivity index (χ1n) is 7.95. The SMILES string of the molecule is CC.CC.CCCCCNC(=O)CCN1C(=O)C=CC1=O. The second-order valence-electron chi connectivity index (χ2n) is 3.97. The van der Waals surface area contributed by atoms with Gasteiger partial charge in [-0.1, -0.05) is 47.5 Å². The van der Waals surface area contributed by atoms with Crippen molar-refractivity contribution < 1.29 is 14.4 Å². The van der Waals surface area contributed by atoms with Crippen molar-refractivity contribution in [2.45, 2.75) is 60.3 Å². The van der Waals surface area contributed by atoms with Gasteiger partial charge < -0.3 is 5.32 Å². The van der Waals surface area contributed by atoms with Gasteiger partial charge in [-0.05, 0) is 6.42 Å². The van der Waals surface area contributed by atoms with E-state index >= 15 is 0 Å². The molecule has 0 aromatic carbocycles. The van der Waals surface area contributed by atoms with Gasteiger partial charge in [-0.2, -0.15) is 0 Å². The Morgan fingerprint density at radius 1 is 1.05 bits per heavy atom. The van der Waals surface area contributed by atoms with Crippen molar-refractivity contribution in [3.8, 4) is 0 Å². The van der Waals surface area contributed by atoms with Crippen molar-refractivity contribution >= 4 is 17.7 Å². The number of carbonyl (C=O) groups is 3. The van der Waals surface area contributed by atoms with Crippen LogP contribution in [0.4, 0.5) is 0 Å². The lowest BCUT2D eigenvalue weighted by atomic mass is 10.2. The Balaban J connectivity index is 0. The normalized spacial score (nSPS) is 12.3. The molecule has 1 rings (SSSR count). The Morgan fingerprint density at radius 3 is 2.05 bits per heavy atom. The number of rotatable bonds is 7. The fraction of sp³-hybridized carbons (Fsp3) is 0.688. The molecule has 21 heavy (non-hydrogen) atoms. The van der Waals surface area contributed by atoms with Crippen molar-refractivity contribution in [3.05, 3.63) is 12.2 Å². The molecule has 5 heteroatoms. The monoisotopic (exact) mass is 298 g/mol. The van der Waals surface area contributed by atoms with E-state index in [0.717, 1.165) is 24.2 Å². The van der Waals surface area contributed by atoms with Gasteiger partial charge in [-0.25, -0.2) is 0 Å². The van der Waals surface area contributed by atoms with Gasteiger partial charge in [0, 0.05) is 31.7 Å². The van der Waals surface area contributed by atoms with Crippen LogP contribution in [-0.2, 0) is 14.4 Å². The molecule has 1 aliphatic heterocycles. The summed E-state index contributed by atoms with van der Waals surface area (Å²) in [6, 6.07) is 0. The van der Waals surface area contributed by atoms with Crippen LogP contribution < -0.4 is 5.32 Å². The first-order chi connectivity index (χ1) is 10.1. The summed E-state index contributed by atoms with van der Waals surface area (Å²) in [5.41, 5.74) is 0. The van der Waals surface area contributed by atoms with Gasteiger partial charge in [-0.3, -0.25) is 19.3 Å². The molecule has 1 N–H and O–H groups in total. The van der Waals surface area contributed by atoms with Crippen LogP contribution in [0.5, 0.6) is 0 Å². The molecule has 0 unspecified atom stereocenters. The van der Waals surface area contributed by atoms with E-state index in [0.29, 0.717) is 6.54 Å². The molecule has 0 aromatic rings. The van der Waals surface area contributed by atoms with Crippen LogP contribution in [0.25, 0.3) is 0 Å². The van der Waals surface area contributed by atoms with Crippen LogP contribution in [-0.4, -0.2) is 35.7 Å². The van der Waals surface area contributed by atoms with E-state index in [9.17, 15) is 14.4 Å². The third-order valence-electron chi connectivity index (χ3n) is 2.57. The molecule has 0 saturated heterocycles. The third kappa shape index (κ3) is 9.82. The summed E-state index contributed by atoms with van der Waals surface area (Å²) < 4.78 is 0. The minimum Gasteiger partial charge on any atom is -0.356 e. The van der Waals surface area contributed by atoms with Crippen LogP contribution in [0.15, 0.2) is 12.2 Å². The first-order valence-corrected chi connectivity index (χ1v) is 7.95. The number of amides is 3. The molecule has 122 valence electrons. The number of imide groups is 1. The van der Waals surface area contributed by atoms with Crippen LogP contribution in [0, 0.1) is 0 Å². The fourth-order valence-corrected chi connectivity index (χ4v) is 1.56. The molecule has 1 aliphatic rings. The topological polar surface area (TPSA) is 66.5 Å². The minimum absolute atomic E-state index is 0.117. The maximum atomic E-state index is 11.4. The van der Waals surface area contributed by atoms with Crippen molar-refractivity contribution in [2.24, 2.45) is 0 Å². The second-order valence-corrected chi connectivity index (χ2v) is 3.97. The van der Waals surface area contributed by atoms with Crippen molar-refractivity contribution in [2.75, 3.05) is 13.1 Å². The standard InChI is InChI=1S/C12H18N2O3.2C2H6/c1-2-3-4-8-13-10(15)7-9-14-11(16)5-6-12(14)17;2*1-2/h5-6H,2-4,7-9H2,1H3,(H,13,15);2*1-2H3. The van der Waals surface area contributed by atoms with Gasteiger partial charge in [0.2, 0.25) is 5.91 Å². The van der Waals surface area contributed by atoms with E-state index in [-0.39, 0.29) is 30.7 Å². The molecule has 0 aromatic heterocycles. The number of nitrogens with one attached hydrogen (secondary N) is 1. The van der Waals surface area contributed by atoms with Gasteiger partial charge in [0.25, 0.3) is 11.8 Å². The Kier molecular flexibility index (Phi) is 15.2. The molecule has 0 radical (unpaired) electrons. The van der Waals surface area contributed by atoms with Gasteiger partial charge in [0.05, 0.1) is 0 Å². The zero-order chi connectivity index (χ0) is 16.7. The number of hydrogen-bond acceptors (Lipinski definition) is 3. The Hall–Kier alpha value is -1.65. The number of hydrogen-bond donors (Lipinski definition) is 1. The molecule has 5 nitrogen and oxygen atoms in total. The first kappa shape index (κ1) is 21.6. The van der Waals surface area contributed by atoms with E-state index in [1.54, 1.807) is 0 Å². The summed E-state index contributed by atoms with van der Waals surface area (Å²) in [5, 5.41) is 2.76. The zero-order valence-corrected chi connectivity index (χ0v) is 14.1. The van der Waals surface area contributed by atoms with E-state index in [1.807, 2.05) is 27.7 Å². The summed E-state index contributed by atoms with van der Waals surface area (Å²) in [7, 11) is 0. The highest BCUT2D eigenvalue weighted by atomic mass is 16.2. The van der Waals surface area contributed by atoms with E-state index in [1.165, 1.54) is 12.2 Å². The Labute approximate surface area is 128 Å².